The second-order valence-electron chi connectivity index (χ2n) is 5.92. The van der Waals surface area contributed by atoms with Crippen LogP contribution in [0.1, 0.15) is 5.56 Å². The second-order valence-corrected chi connectivity index (χ2v) is 6.79. The number of hydrogen-bond donors (Lipinski definition) is 1. The molecule has 0 saturated heterocycles. The van der Waals surface area contributed by atoms with Gasteiger partial charge in [-0.15, -0.1) is 5.10 Å². The summed E-state index contributed by atoms with van der Waals surface area (Å²) in [6, 6.07) is 13.1. The van der Waals surface area contributed by atoms with Crippen molar-refractivity contribution in [2.24, 2.45) is 0 Å². The summed E-state index contributed by atoms with van der Waals surface area (Å²) in [6.07, 6.45) is 0. The van der Waals surface area contributed by atoms with E-state index in [2.05, 4.69) is 15.4 Å². The maximum atomic E-state index is 6.08. The Labute approximate surface area is 162 Å². The molecule has 0 unspecified atom stereocenters. The first-order valence-electron chi connectivity index (χ1n) is 7.93. The first-order valence-corrected chi connectivity index (χ1v) is 8.68. The Hall–Kier alpha value is -2.44. The van der Waals surface area contributed by atoms with E-state index in [1.807, 2.05) is 43.3 Å². The number of nitrogens with one attached hydrogen (secondary N) is 1. The molecule has 2 aromatic carbocycles. The molecule has 0 saturated carbocycles. The number of nitrogens with zero attached hydrogens (tertiary/aromatic N) is 4. The van der Waals surface area contributed by atoms with Crippen LogP contribution in [-0.4, -0.2) is 36.0 Å². The van der Waals surface area contributed by atoms with Gasteiger partial charge < -0.3 is 15.0 Å². The van der Waals surface area contributed by atoms with Gasteiger partial charge in [-0.1, -0.05) is 35.3 Å². The zero-order valence-corrected chi connectivity index (χ0v) is 16.2. The lowest BCUT2D eigenvalue weighted by Gasteiger charge is -2.09. The van der Waals surface area contributed by atoms with Gasteiger partial charge in [0.1, 0.15) is 5.75 Å². The van der Waals surface area contributed by atoms with E-state index in [1.165, 1.54) is 0 Å². The van der Waals surface area contributed by atoms with Crippen molar-refractivity contribution in [2.45, 2.75) is 6.54 Å². The molecule has 0 radical (unpaired) electrons. The predicted molar refractivity (Wildman–Crippen MR) is 106 cm³/mol. The van der Waals surface area contributed by atoms with Gasteiger partial charge in [-0.2, -0.15) is 4.98 Å². The third kappa shape index (κ3) is 4.39. The molecule has 6 nitrogen and oxygen atoms in total. The molecule has 1 heterocycles. The number of rotatable bonds is 6. The third-order valence-corrected chi connectivity index (χ3v) is 4.11. The molecule has 136 valence electrons. The quantitative estimate of drug-likeness (QED) is 0.672. The molecule has 0 aliphatic rings. The summed E-state index contributed by atoms with van der Waals surface area (Å²) in [6.45, 7) is 0.557. The van der Waals surface area contributed by atoms with E-state index >= 15 is 0 Å². The van der Waals surface area contributed by atoms with Crippen molar-refractivity contribution in [1.82, 2.24) is 14.8 Å². The van der Waals surface area contributed by atoms with Crippen LogP contribution in [0, 0.1) is 0 Å². The highest BCUT2D eigenvalue weighted by Gasteiger charge is 2.13. The Morgan fingerprint density at radius 2 is 1.73 bits per heavy atom. The maximum absolute atomic E-state index is 6.08. The lowest BCUT2D eigenvalue weighted by atomic mass is 10.2. The van der Waals surface area contributed by atoms with Crippen molar-refractivity contribution < 1.29 is 4.74 Å². The monoisotopic (exact) mass is 391 g/mol. The number of ether oxygens (including phenoxy) is 1. The molecule has 0 fully saturated rings. The minimum absolute atomic E-state index is 0.550. The number of methoxy groups -OCH3 is 1. The fraction of sp³-hybridized carbons (Fsp3) is 0.222. The van der Waals surface area contributed by atoms with Gasteiger partial charge in [-0.05, 0) is 35.9 Å². The van der Waals surface area contributed by atoms with Crippen LogP contribution < -0.4 is 15.0 Å². The van der Waals surface area contributed by atoms with Crippen LogP contribution in [-0.2, 0) is 6.54 Å². The Balaban J connectivity index is 1.90. The summed E-state index contributed by atoms with van der Waals surface area (Å²) in [5.74, 6) is 2.02. The van der Waals surface area contributed by atoms with E-state index in [0.29, 0.717) is 28.5 Å². The van der Waals surface area contributed by atoms with Crippen LogP contribution in [0.3, 0.4) is 0 Å². The topological polar surface area (TPSA) is 55.2 Å². The zero-order chi connectivity index (χ0) is 18.7. The fourth-order valence-electron chi connectivity index (χ4n) is 2.38. The Morgan fingerprint density at radius 3 is 2.31 bits per heavy atom. The SMILES string of the molecule is COc1ccc(Cn2nc(N(C)C)nc2Nc2cc(Cl)cc(Cl)c2)cc1. The standard InChI is InChI=1S/C18H19Cl2N5O/c1-24(2)18-22-17(21-15-9-13(19)8-14(20)10-15)25(23-18)11-12-4-6-16(26-3)7-5-12/h4-10H,11H2,1-3H3,(H,21,22,23). The third-order valence-electron chi connectivity index (χ3n) is 3.67. The van der Waals surface area contributed by atoms with Gasteiger partial charge in [0, 0.05) is 29.8 Å². The van der Waals surface area contributed by atoms with Crippen LogP contribution in [0.4, 0.5) is 17.6 Å². The van der Waals surface area contributed by atoms with Gasteiger partial charge >= 0.3 is 0 Å². The van der Waals surface area contributed by atoms with Crippen molar-refractivity contribution in [3.63, 3.8) is 0 Å². The molecule has 26 heavy (non-hydrogen) atoms. The van der Waals surface area contributed by atoms with Crippen molar-refractivity contribution in [2.75, 3.05) is 31.4 Å². The van der Waals surface area contributed by atoms with Crippen molar-refractivity contribution >= 4 is 40.8 Å². The van der Waals surface area contributed by atoms with Crippen LogP contribution in [0.2, 0.25) is 10.0 Å². The first kappa shape index (κ1) is 18.4. The molecule has 1 N–H and O–H groups in total. The number of benzene rings is 2. The largest absolute Gasteiger partial charge is 0.497 e. The van der Waals surface area contributed by atoms with E-state index < -0.39 is 0 Å². The molecule has 3 rings (SSSR count). The van der Waals surface area contributed by atoms with E-state index in [-0.39, 0.29) is 0 Å². The van der Waals surface area contributed by atoms with Gasteiger partial charge in [0.15, 0.2) is 0 Å². The number of aromatic nitrogens is 3. The summed E-state index contributed by atoms with van der Waals surface area (Å²) >= 11 is 12.2. The first-order chi connectivity index (χ1) is 12.4. The van der Waals surface area contributed by atoms with Crippen molar-refractivity contribution in [3.05, 3.63) is 58.1 Å². The van der Waals surface area contributed by atoms with Crippen molar-refractivity contribution in [3.8, 4) is 5.75 Å². The van der Waals surface area contributed by atoms with Gasteiger partial charge in [0.25, 0.3) is 0 Å². The van der Waals surface area contributed by atoms with Gasteiger partial charge in [0.05, 0.1) is 13.7 Å². The molecular formula is C18H19Cl2N5O. The highest BCUT2D eigenvalue weighted by Crippen LogP contribution is 2.26. The van der Waals surface area contributed by atoms with Crippen LogP contribution in [0.5, 0.6) is 5.75 Å². The molecule has 0 amide bonds. The van der Waals surface area contributed by atoms with E-state index in [0.717, 1.165) is 17.0 Å². The average Bonchev–Trinajstić information content (AvgIpc) is 2.97. The van der Waals surface area contributed by atoms with Crippen LogP contribution in [0.15, 0.2) is 42.5 Å². The zero-order valence-electron chi connectivity index (χ0n) is 14.7. The summed E-state index contributed by atoms with van der Waals surface area (Å²) in [7, 11) is 5.44. The minimum Gasteiger partial charge on any atom is -0.497 e. The molecule has 0 bridgehead atoms. The van der Waals surface area contributed by atoms with Gasteiger partial charge in [0.2, 0.25) is 11.9 Å². The molecule has 0 atom stereocenters. The smallest absolute Gasteiger partial charge is 0.246 e. The maximum Gasteiger partial charge on any atom is 0.246 e. The molecule has 3 aromatic rings. The molecule has 0 spiro atoms. The van der Waals surface area contributed by atoms with E-state index in [4.69, 9.17) is 27.9 Å². The van der Waals surface area contributed by atoms with Gasteiger partial charge in [-0.25, -0.2) is 4.68 Å². The molecule has 1 aromatic heterocycles. The average molecular weight is 392 g/mol. The fourth-order valence-corrected chi connectivity index (χ4v) is 2.91. The highest BCUT2D eigenvalue weighted by atomic mass is 35.5. The minimum atomic E-state index is 0.550. The lowest BCUT2D eigenvalue weighted by molar-refractivity contribution is 0.414. The number of hydrogen-bond acceptors (Lipinski definition) is 5. The van der Waals surface area contributed by atoms with Crippen LogP contribution >= 0.6 is 23.2 Å². The summed E-state index contributed by atoms with van der Waals surface area (Å²) in [4.78, 5) is 6.40. The summed E-state index contributed by atoms with van der Waals surface area (Å²) in [5.41, 5.74) is 1.82. The normalized spacial score (nSPS) is 10.7. The van der Waals surface area contributed by atoms with Crippen LogP contribution in [0.25, 0.3) is 0 Å². The molecule has 8 heteroatoms. The molecule has 0 aliphatic heterocycles. The molecular weight excluding hydrogens is 373 g/mol. The Morgan fingerprint density at radius 1 is 1.08 bits per heavy atom. The Bertz CT molecular complexity index is 873. The molecule has 0 aliphatic carbocycles. The number of anilines is 3. The lowest BCUT2D eigenvalue weighted by Crippen LogP contribution is -2.11. The second kappa shape index (κ2) is 7.85. The predicted octanol–water partition coefficient (Wildman–Crippen LogP) is 4.45. The highest BCUT2D eigenvalue weighted by molar-refractivity contribution is 6.35. The Kier molecular flexibility index (Phi) is 5.54. The van der Waals surface area contributed by atoms with Gasteiger partial charge in [-0.3, -0.25) is 0 Å². The number of halogens is 2. The summed E-state index contributed by atoms with van der Waals surface area (Å²) in [5, 5.41) is 8.90. The van der Waals surface area contributed by atoms with E-state index in [1.54, 1.807) is 30.0 Å². The van der Waals surface area contributed by atoms with E-state index in [9.17, 15) is 0 Å². The summed E-state index contributed by atoms with van der Waals surface area (Å²) < 4.78 is 7.00. The van der Waals surface area contributed by atoms with Crippen molar-refractivity contribution in [1.29, 1.82) is 0 Å².